The van der Waals surface area contributed by atoms with Crippen LogP contribution in [-0.4, -0.2) is 45.6 Å². The molecule has 1 amide bonds. The van der Waals surface area contributed by atoms with E-state index in [0.717, 1.165) is 43.1 Å². The molecule has 2 aromatic carbocycles. The number of para-hydroxylation sites is 1. The number of nitrogens with zero attached hydrogens (tertiary/aromatic N) is 2. The van der Waals surface area contributed by atoms with Gasteiger partial charge in [-0.05, 0) is 37.5 Å². The maximum absolute atomic E-state index is 13.3. The number of benzene rings is 2. The Balaban J connectivity index is 1.56. The van der Waals surface area contributed by atoms with Gasteiger partial charge in [0.2, 0.25) is 0 Å². The second kappa shape index (κ2) is 13.5. The highest BCUT2D eigenvalue weighted by molar-refractivity contribution is 6.05. The van der Waals surface area contributed by atoms with Crippen LogP contribution in [0.5, 0.6) is 0 Å². The molecule has 184 valence electrons. The summed E-state index contributed by atoms with van der Waals surface area (Å²) >= 11 is 0. The molecule has 1 aromatic heterocycles. The Labute approximate surface area is 207 Å². The number of carbonyl (C=O) groups excluding carboxylic acids is 3. The largest absolute Gasteiger partial charge is 0.395 e. The number of hydrogen-bond donors (Lipinski definition) is 1. The predicted octanol–water partition coefficient (Wildman–Crippen LogP) is 5.37. The Morgan fingerprint density at radius 1 is 0.857 bits per heavy atom. The van der Waals surface area contributed by atoms with Gasteiger partial charge in [-0.25, -0.2) is 0 Å². The van der Waals surface area contributed by atoms with Crippen LogP contribution in [0.25, 0.3) is 10.9 Å². The quantitative estimate of drug-likeness (QED) is 0.251. The van der Waals surface area contributed by atoms with Crippen molar-refractivity contribution in [3.63, 3.8) is 0 Å². The molecule has 0 saturated carbocycles. The second-order valence-electron chi connectivity index (χ2n) is 8.92. The summed E-state index contributed by atoms with van der Waals surface area (Å²) in [5.74, 6) is 0.162. The zero-order valence-corrected chi connectivity index (χ0v) is 20.4. The van der Waals surface area contributed by atoms with Crippen molar-refractivity contribution in [2.75, 3.05) is 13.2 Å². The molecule has 1 heterocycles. The smallest absolute Gasteiger partial charge is 0.256 e. The molecule has 3 aromatic rings. The fourth-order valence-corrected chi connectivity index (χ4v) is 4.17. The number of aliphatic hydroxyl groups excluding tert-OH is 1. The van der Waals surface area contributed by atoms with Crippen LogP contribution in [0, 0.1) is 0 Å². The van der Waals surface area contributed by atoms with E-state index >= 15 is 0 Å². The van der Waals surface area contributed by atoms with Gasteiger partial charge >= 0.3 is 0 Å². The van der Waals surface area contributed by atoms with Crippen molar-refractivity contribution in [3.05, 3.63) is 77.5 Å². The molecule has 3 rings (SSSR count). The number of carbonyl (C=O) groups is 3. The first-order chi connectivity index (χ1) is 17.0. The summed E-state index contributed by atoms with van der Waals surface area (Å²) < 4.78 is 0. The fraction of sp³-hybridized carbons (Fsp3) is 0.379. The van der Waals surface area contributed by atoms with E-state index in [9.17, 15) is 19.5 Å². The van der Waals surface area contributed by atoms with Gasteiger partial charge in [0.25, 0.3) is 5.91 Å². The molecule has 6 nitrogen and oxygen atoms in total. The van der Waals surface area contributed by atoms with Crippen LogP contribution < -0.4 is 0 Å². The minimum atomic E-state index is -0.188. The number of rotatable bonds is 14. The van der Waals surface area contributed by atoms with Gasteiger partial charge in [-0.15, -0.1) is 0 Å². The highest BCUT2D eigenvalue weighted by Crippen LogP contribution is 2.19. The van der Waals surface area contributed by atoms with E-state index in [1.807, 2.05) is 48.5 Å². The van der Waals surface area contributed by atoms with Crippen LogP contribution in [0.4, 0.5) is 0 Å². The van der Waals surface area contributed by atoms with E-state index in [1.54, 1.807) is 24.1 Å². The molecule has 1 N–H and O–H groups in total. The Morgan fingerprint density at radius 3 is 2.26 bits per heavy atom. The third-order valence-corrected chi connectivity index (χ3v) is 6.10. The summed E-state index contributed by atoms with van der Waals surface area (Å²) in [7, 11) is 0. The molecule has 0 spiro atoms. The van der Waals surface area contributed by atoms with E-state index in [2.05, 4.69) is 4.98 Å². The maximum Gasteiger partial charge on any atom is 0.256 e. The Kier molecular flexibility index (Phi) is 10.1. The normalized spacial score (nSPS) is 10.9. The van der Waals surface area contributed by atoms with Crippen molar-refractivity contribution in [2.45, 2.75) is 58.4 Å². The van der Waals surface area contributed by atoms with Gasteiger partial charge in [0.05, 0.1) is 17.7 Å². The van der Waals surface area contributed by atoms with Crippen LogP contribution >= 0.6 is 0 Å². The first-order valence-corrected chi connectivity index (χ1v) is 12.3. The number of aromatic nitrogens is 1. The predicted molar refractivity (Wildman–Crippen MR) is 137 cm³/mol. The zero-order valence-electron chi connectivity index (χ0n) is 20.4. The van der Waals surface area contributed by atoms with Crippen molar-refractivity contribution in [1.29, 1.82) is 0 Å². The number of unbranched alkanes of at least 4 members (excludes halogenated alkanes) is 4. The molecule has 6 heteroatoms. The second-order valence-corrected chi connectivity index (χ2v) is 8.92. The topological polar surface area (TPSA) is 87.6 Å². The molecule has 0 saturated heterocycles. The summed E-state index contributed by atoms with van der Waals surface area (Å²) in [6.45, 7) is 2.01. The van der Waals surface area contributed by atoms with Crippen molar-refractivity contribution < 1.29 is 19.5 Å². The molecule has 0 atom stereocenters. The van der Waals surface area contributed by atoms with Gasteiger partial charge in [-0.1, -0.05) is 61.7 Å². The van der Waals surface area contributed by atoms with Gasteiger partial charge in [-0.3, -0.25) is 14.6 Å². The van der Waals surface area contributed by atoms with E-state index in [-0.39, 0.29) is 30.6 Å². The van der Waals surface area contributed by atoms with Crippen LogP contribution in [0.15, 0.2) is 60.8 Å². The van der Waals surface area contributed by atoms with Gasteiger partial charge in [0.15, 0.2) is 5.78 Å². The van der Waals surface area contributed by atoms with E-state index in [1.165, 1.54) is 0 Å². The number of hydrogen-bond acceptors (Lipinski definition) is 5. The number of ketones is 2. The standard InChI is InChI=1S/C29H34N2O4/c1-22(33)9-5-3-2-4-6-13-27(34)24-16-14-23(15-17-24)21-31(19-20-32)29(35)26-12-7-10-25-11-8-18-30-28(25)26/h7-8,10-12,14-18,32H,2-6,9,13,19-21H2,1H3. The highest BCUT2D eigenvalue weighted by atomic mass is 16.3. The Bertz CT molecular complexity index is 1140. The molecule has 0 bridgehead atoms. The number of amides is 1. The lowest BCUT2D eigenvalue weighted by molar-refractivity contribution is -0.117. The molecular weight excluding hydrogens is 440 g/mol. The molecule has 0 aliphatic heterocycles. The number of fused-ring (bicyclic) bond motifs is 1. The first-order valence-electron chi connectivity index (χ1n) is 12.3. The van der Waals surface area contributed by atoms with Crippen LogP contribution in [0.1, 0.15) is 78.1 Å². The molecule has 0 aliphatic carbocycles. The molecule has 0 unspecified atom stereocenters. The Hall–Kier alpha value is -3.38. The van der Waals surface area contributed by atoms with Crippen molar-refractivity contribution in [1.82, 2.24) is 9.88 Å². The van der Waals surface area contributed by atoms with E-state index < -0.39 is 0 Å². The SMILES string of the molecule is CC(=O)CCCCCCCC(=O)c1ccc(CN(CCO)C(=O)c2cccc3cccnc23)cc1. The maximum atomic E-state index is 13.3. The van der Waals surface area contributed by atoms with Crippen molar-refractivity contribution in [2.24, 2.45) is 0 Å². The van der Waals surface area contributed by atoms with Crippen molar-refractivity contribution in [3.8, 4) is 0 Å². The summed E-state index contributed by atoms with van der Waals surface area (Å²) in [5, 5.41) is 10.4. The van der Waals surface area contributed by atoms with Gasteiger partial charge in [-0.2, -0.15) is 0 Å². The van der Waals surface area contributed by atoms with Crippen molar-refractivity contribution >= 4 is 28.4 Å². The van der Waals surface area contributed by atoms with Crippen LogP contribution in [0.2, 0.25) is 0 Å². The third kappa shape index (κ3) is 7.82. The Morgan fingerprint density at radius 2 is 1.54 bits per heavy atom. The van der Waals surface area contributed by atoms with Gasteiger partial charge in [0.1, 0.15) is 5.78 Å². The molecule has 0 aliphatic rings. The number of pyridine rings is 1. The molecular formula is C29H34N2O4. The molecule has 35 heavy (non-hydrogen) atoms. The minimum Gasteiger partial charge on any atom is -0.395 e. The highest BCUT2D eigenvalue weighted by Gasteiger charge is 2.19. The summed E-state index contributed by atoms with van der Waals surface area (Å²) in [4.78, 5) is 42.7. The van der Waals surface area contributed by atoms with Gasteiger partial charge in [0, 0.05) is 43.1 Å². The number of Topliss-reactive ketones (excluding diaryl/α,β-unsaturated/α-hetero) is 2. The lowest BCUT2D eigenvalue weighted by atomic mass is 10.0. The minimum absolute atomic E-state index is 0.116. The third-order valence-electron chi connectivity index (χ3n) is 6.10. The fourth-order valence-electron chi connectivity index (χ4n) is 4.17. The lowest BCUT2D eigenvalue weighted by Crippen LogP contribution is -2.33. The van der Waals surface area contributed by atoms with Crippen LogP contribution in [-0.2, 0) is 11.3 Å². The van der Waals surface area contributed by atoms with Gasteiger partial charge < -0.3 is 14.8 Å². The molecule has 0 radical (unpaired) electrons. The summed E-state index contributed by atoms with van der Waals surface area (Å²) in [6.07, 6.45) is 7.65. The zero-order chi connectivity index (χ0) is 25.0. The van der Waals surface area contributed by atoms with Crippen LogP contribution in [0.3, 0.4) is 0 Å². The average molecular weight is 475 g/mol. The van der Waals surface area contributed by atoms with E-state index in [0.29, 0.717) is 36.0 Å². The summed E-state index contributed by atoms with van der Waals surface area (Å²) in [5.41, 5.74) is 2.71. The average Bonchev–Trinajstić information content (AvgIpc) is 2.87. The monoisotopic (exact) mass is 474 g/mol. The summed E-state index contributed by atoms with van der Waals surface area (Å²) in [6, 6.07) is 16.6. The number of aliphatic hydroxyl groups is 1. The lowest BCUT2D eigenvalue weighted by Gasteiger charge is -2.22. The molecule has 0 fully saturated rings. The van der Waals surface area contributed by atoms with E-state index in [4.69, 9.17) is 0 Å². The first kappa shape index (κ1) is 26.2.